The van der Waals surface area contributed by atoms with Crippen LogP contribution in [0.2, 0.25) is 0 Å². The molecule has 0 aliphatic heterocycles. The van der Waals surface area contributed by atoms with Crippen LogP contribution >= 0.6 is 11.3 Å². The lowest BCUT2D eigenvalue weighted by molar-refractivity contribution is 0.101. The second-order valence-electron chi connectivity index (χ2n) is 6.42. The molecule has 142 valence electrons. The number of ketones is 1. The minimum Gasteiger partial charge on any atom is -0.295 e. The summed E-state index contributed by atoms with van der Waals surface area (Å²) in [6.45, 7) is 3.45. The van der Waals surface area contributed by atoms with Gasteiger partial charge < -0.3 is 0 Å². The van der Waals surface area contributed by atoms with E-state index in [0.717, 1.165) is 21.9 Å². The Morgan fingerprint density at radius 2 is 1.89 bits per heavy atom. The molecule has 1 N–H and O–H groups in total. The van der Waals surface area contributed by atoms with E-state index >= 15 is 0 Å². The molecule has 6 nitrogen and oxygen atoms in total. The van der Waals surface area contributed by atoms with E-state index in [9.17, 15) is 13.2 Å². The third-order valence-electron chi connectivity index (χ3n) is 4.37. The zero-order chi connectivity index (χ0) is 19.9. The average Bonchev–Trinajstić information content (AvgIpc) is 3.24. The fourth-order valence-corrected chi connectivity index (χ4v) is 4.76. The fourth-order valence-electron chi connectivity index (χ4n) is 2.86. The smallest absolute Gasteiger partial charge is 0.261 e. The maximum atomic E-state index is 12.7. The SMILES string of the molecule is CC(=O)c1ccc(S(=O)(=O)Nc2cccc(-c3cn4c(C)csc4n3)c2)cc1. The van der Waals surface area contributed by atoms with E-state index in [2.05, 4.69) is 9.71 Å². The van der Waals surface area contributed by atoms with Gasteiger partial charge in [0, 0.05) is 34.1 Å². The molecule has 2 heterocycles. The number of hydrogen-bond acceptors (Lipinski definition) is 5. The fraction of sp³-hybridized carbons (Fsp3) is 0.100. The molecule has 0 aliphatic rings. The number of carbonyl (C=O) groups excluding carboxylic acids is 1. The molecule has 8 heteroatoms. The van der Waals surface area contributed by atoms with E-state index in [1.807, 2.05) is 29.0 Å². The van der Waals surface area contributed by atoms with E-state index in [4.69, 9.17) is 0 Å². The van der Waals surface area contributed by atoms with Gasteiger partial charge >= 0.3 is 0 Å². The van der Waals surface area contributed by atoms with Gasteiger partial charge in [-0.25, -0.2) is 13.4 Å². The molecule has 2 aromatic heterocycles. The van der Waals surface area contributed by atoms with Crippen LogP contribution in [0.1, 0.15) is 23.0 Å². The van der Waals surface area contributed by atoms with Crippen molar-refractivity contribution in [3.05, 3.63) is 71.4 Å². The first-order valence-corrected chi connectivity index (χ1v) is 10.9. The summed E-state index contributed by atoms with van der Waals surface area (Å²) in [6.07, 6.45) is 1.94. The number of hydrogen-bond donors (Lipinski definition) is 1. The minimum atomic E-state index is -3.76. The number of nitrogens with one attached hydrogen (secondary N) is 1. The van der Waals surface area contributed by atoms with Gasteiger partial charge in [-0.1, -0.05) is 24.3 Å². The molecule has 4 aromatic rings. The lowest BCUT2D eigenvalue weighted by Crippen LogP contribution is -2.13. The quantitative estimate of drug-likeness (QED) is 0.494. The number of aryl methyl sites for hydroxylation is 1. The number of imidazole rings is 1. The Kier molecular flexibility index (Phi) is 4.52. The van der Waals surface area contributed by atoms with Gasteiger partial charge in [0.2, 0.25) is 0 Å². The summed E-state index contributed by atoms with van der Waals surface area (Å²) in [4.78, 5) is 17.0. The molecule has 2 aromatic carbocycles. The van der Waals surface area contributed by atoms with Crippen molar-refractivity contribution in [3.63, 3.8) is 0 Å². The van der Waals surface area contributed by atoms with E-state index in [0.29, 0.717) is 11.3 Å². The number of nitrogens with zero attached hydrogens (tertiary/aromatic N) is 2. The predicted molar refractivity (Wildman–Crippen MR) is 110 cm³/mol. The first-order valence-electron chi connectivity index (χ1n) is 8.51. The highest BCUT2D eigenvalue weighted by Gasteiger charge is 2.15. The molecule has 0 fully saturated rings. The van der Waals surface area contributed by atoms with Gasteiger partial charge in [-0.05, 0) is 38.1 Å². The van der Waals surface area contributed by atoms with Crippen molar-refractivity contribution in [2.75, 3.05) is 4.72 Å². The highest BCUT2D eigenvalue weighted by molar-refractivity contribution is 7.92. The summed E-state index contributed by atoms with van der Waals surface area (Å²) in [5, 5.41) is 2.04. The molecule has 0 atom stereocenters. The van der Waals surface area contributed by atoms with Gasteiger partial charge in [0.25, 0.3) is 10.0 Å². The third-order valence-corrected chi connectivity index (χ3v) is 6.73. The highest BCUT2D eigenvalue weighted by atomic mass is 32.2. The number of anilines is 1. The summed E-state index contributed by atoms with van der Waals surface area (Å²) < 4.78 is 29.9. The summed E-state index contributed by atoms with van der Waals surface area (Å²) >= 11 is 1.56. The van der Waals surface area contributed by atoms with Gasteiger partial charge in [-0.15, -0.1) is 11.3 Å². The number of benzene rings is 2. The molecule has 0 unspecified atom stereocenters. The molecule has 0 spiro atoms. The van der Waals surface area contributed by atoms with E-state index in [-0.39, 0.29) is 10.7 Å². The molecular weight excluding hydrogens is 394 g/mol. The van der Waals surface area contributed by atoms with Crippen LogP contribution in [0, 0.1) is 6.92 Å². The second kappa shape index (κ2) is 6.88. The van der Waals surface area contributed by atoms with Crippen molar-refractivity contribution in [2.45, 2.75) is 18.7 Å². The van der Waals surface area contributed by atoms with Gasteiger partial charge in [0.1, 0.15) is 0 Å². The standard InChI is InChI=1S/C20H17N3O3S2/c1-13-12-27-20-21-19(11-23(13)20)16-4-3-5-17(10-16)22-28(25,26)18-8-6-15(7-9-18)14(2)24/h3-12,22H,1-2H3. The Bertz CT molecular complexity index is 1290. The number of aromatic nitrogens is 2. The molecule has 0 radical (unpaired) electrons. The second-order valence-corrected chi connectivity index (χ2v) is 8.94. The van der Waals surface area contributed by atoms with Gasteiger partial charge in [0.05, 0.1) is 10.6 Å². The summed E-state index contributed by atoms with van der Waals surface area (Å²) in [5.41, 5.74) is 3.62. The number of rotatable bonds is 5. The van der Waals surface area contributed by atoms with Gasteiger partial charge in [-0.3, -0.25) is 13.9 Å². The zero-order valence-corrected chi connectivity index (χ0v) is 16.8. The van der Waals surface area contributed by atoms with Crippen LogP contribution in [0.15, 0.2) is 65.0 Å². The predicted octanol–water partition coefficient (Wildman–Crippen LogP) is 4.37. The Morgan fingerprint density at radius 3 is 2.57 bits per heavy atom. The van der Waals surface area contributed by atoms with E-state index in [1.165, 1.54) is 31.2 Å². The largest absolute Gasteiger partial charge is 0.295 e. The normalized spacial score (nSPS) is 11.6. The van der Waals surface area contributed by atoms with Gasteiger partial charge in [-0.2, -0.15) is 0 Å². The van der Waals surface area contributed by atoms with Crippen LogP contribution in [0.5, 0.6) is 0 Å². The van der Waals surface area contributed by atoms with E-state index in [1.54, 1.807) is 29.5 Å². The average molecular weight is 412 g/mol. The number of thiazole rings is 1. The van der Waals surface area contributed by atoms with Gasteiger partial charge in [0.15, 0.2) is 10.7 Å². The lowest BCUT2D eigenvalue weighted by atomic mass is 10.1. The molecule has 0 aliphatic carbocycles. The Morgan fingerprint density at radius 1 is 1.14 bits per heavy atom. The highest BCUT2D eigenvalue weighted by Crippen LogP contribution is 2.26. The molecule has 0 saturated heterocycles. The van der Waals surface area contributed by atoms with Crippen LogP contribution < -0.4 is 4.72 Å². The number of carbonyl (C=O) groups is 1. The van der Waals surface area contributed by atoms with Crippen LogP contribution in [0.25, 0.3) is 16.2 Å². The monoisotopic (exact) mass is 411 g/mol. The summed E-state index contributed by atoms with van der Waals surface area (Å²) in [6, 6.07) is 13.0. The van der Waals surface area contributed by atoms with Crippen molar-refractivity contribution in [3.8, 4) is 11.3 Å². The Labute approximate surface area is 166 Å². The molecule has 28 heavy (non-hydrogen) atoms. The first kappa shape index (κ1) is 18.4. The van der Waals surface area contributed by atoms with Crippen molar-refractivity contribution in [1.29, 1.82) is 0 Å². The third kappa shape index (κ3) is 3.44. The molecule has 4 rings (SSSR count). The van der Waals surface area contributed by atoms with Crippen LogP contribution in [0.3, 0.4) is 0 Å². The van der Waals surface area contributed by atoms with Crippen molar-refractivity contribution >= 4 is 37.8 Å². The van der Waals surface area contributed by atoms with Crippen molar-refractivity contribution < 1.29 is 13.2 Å². The molecule has 0 saturated carbocycles. The summed E-state index contributed by atoms with van der Waals surface area (Å²) in [7, 11) is -3.76. The molecule has 0 bridgehead atoms. The van der Waals surface area contributed by atoms with E-state index < -0.39 is 10.0 Å². The molecular formula is C20H17N3O3S2. The number of Topliss-reactive ketones (excluding diaryl/α,β-unsaturated/α-hetero) is 1. The minimum absolute atomic E-state index is 0.0982. The van der Waals surface area contributed by atoms with Crippen molar-refractivity contribution in [1.82, 2.24) is 9.38 Å². The Balaban J connectivity index is 1.62. The number of fused-ring (bicyclic) bond motifs is 1. The maximum Gasteiger partial charge on any atom is 0.261 e. The van der Waals surface area contributed by atoms with Crippen molar-refractivity contribution in [2.24, 2.45) is 0 Å². The lowest BCUT2D eigenvalue weighted by Gasteiger charge is -2.09. The number of sulfonamides is 1. The van der Waals surface area contributed by atoms with Crippen LogP contribution in [-0.4, -0.2) is 23.6 Å². The summed E-state index contributed by atoms with van der Waals surface area (Å²) in [5.74, 6) is -0.111. The van der Waals surface area contributed by atoms with Crippen LogP contribution in [-0.2, 0) is 10.0 Å². The molecule has 0 amide bonds. The van der Waals surface area contributed by atoms with Crippen LogP contribution in [0.4, 0.5) is 5.69 Å². The first-order chi connectivity index (χ1) is 13.3. The topological polar surface area (TPSA) is 80.5 Å². The Hall–Kier alpha value is -2.97. The zero-order valence-electron chi connectivity index (χ0n) is 15.2. The maximum absolute atomic E-state index is 12.7.